The molecule has 1 unspecified atom stereocenters. The van der Waals surface area contributed by atoms with Crippen molar-refractivity contribution in [3.63, 3.8) is 0 Å². The highest BCUT2D eigenvalue weighted by molar-refractivity contribution is 5.92. The van der Waals surface area contributed by atoms with Crippen molar-refractivity contribution in [3.05, 3.63) is 52.0 Å². The Morgan fingerprint density at radius 3 is 3.09 bits per heavy atom. The molecule has 120 valence electrons. The van der Waals surface area contributed by atoms with Crippen molar-refractivity contribution >= 4 is 12.0 Å². The van der Waals surface area contributed by atoms with Crippen LogP contribution in [0.5, 0.6) is 0 Å². The molecule has 2 aromatic heterocycles. The van der Waals surface area contributed by atoms with E-state index in [1.165, 1.54) is 0 Å². The maximum Gasteiger partial charge on any atom is 0.340 e. The summed E-state index contributed by atoms with van der Waals surface area (Å²) in [7, 11) is 0. The van der Waals surface area contributed by atoms with Gasteiger partial charge in [-0.25, -0.2) is 9.89 Å². The fraction of sp³-hybridized carbons (Fsp3) is 0.375. The Morgan fingerprint density at radius 2 is 2.35 bits per heavy atom. The van der Waals surface area contributed by atoms with Crippen LogP contribution in [0.15, 0.2) is 29.3 Å². The van der Waals surface area contributed by atoms with Gasteiger partial charge in [0.05, 0.1) is 0 Å². The predicted molar refractivity (Wildman–Crippen MR) is 85.8 cm³/mol. The molecular formula is C16H19N5O2. The molecule has 1 saturated heterocycles. The highest BCUT2D eigenvalue weighted by Gasteiger charge is 2.25. The number of carbonyl (C=O) groups is 1. The molecule has 23 heavy (non-hydrogen) atoms. The maximum atomic E-state index is 12.4. The summed E-state index contributed by atoms with van der Waals surface area (Å²) in [5.41, 5.74) is 1.71. The number of hydrogen-bond acceptors (Lipinski definition) is 4. The molecule has 7 heteroatoms. The van der Waals surface area contributed by atoms with Crippen LogP contribution >= 0.6 is 0 Å². The van der Waals surface area contributed by atoms with Gasteiger partial charge >= 0.3 is 5.69 Å². The van der Waals surface area contributed by atoms with Crippen molar-refractivity contribution in [1.82, 2.24) is 25.1 Å². The van der Waals surface area contributed by atoms with Crippen molar-refractivity contribution in [3.8, 4) is 0 Å². The van der Waals surface area contributed by atoms with Crippen LogP contribution in [0.2, 0.25) is 0 Å². The number of piperidine rings is 1. The smallest absolute Gasteiger partial charge is 0.338 e. The number of nitrogens with one attached hydrogen (secondary N) is 2. The van der Waals surface area contributed by atoms with Gasteiger partial charge in [0.2, 0.25) is 5.91 Å². The number of carbonyl (C=O) groups excluding carboxylic acids is 1. The number of H-pyrrole nitrogens is 2. The third-order valence-electron chi connectivity index (χ3n) is 4.11. The highest BCUT2D eigenvalue weighted by atomic mass is 16.2. The molecule has 0 bridgehead atoms. The zero-order valence-electron chi connectivity index (χ0n) is 13.0. The lowest BCUT2D eigenvalue weighted by atomic mass is 9.97. The van der Waals surface area contributed by atoms with Crippen LogP contribution in [0.4, 0.5) is 0 Å². The van der Waals surface area contributed by atoms with Crippen LogP contribution in [-0.2, 0) is 4.79 Å². The van der Waals surface area contributed by atoms with Gasteiger partial charge in [0.25, 0.3) is 0 Å². The Bertz CT molecular complexity index is 777. The van der Waals surface area contributed by atoms with Crippen LogP contribution in [0.25, 0.3) is 6.08 Å². The molecular weight excluding hydrogens is 294 g/mol. The van der Waals surface area contributed by atoms with E-state index in [0.717, 1.165) is 30.5 Å². The van der Waals surface area contributed by atoms with Crippen molar-refractivity contribution in [1.29, 1.82) is 0 Å². The van der Waals surface area contributed by atoms with E-state index in [1.807, 2.05) is 19.1 Å². The molecule has 3 heterocycles. The van der Waals surface area contributed by atoms with Crippen molar-refractivity contribution < 1.29 is 4.79 Å². The minimum absolute atomic E-state index is 0.0243. The Labute approximate surface area is 133 Å². The van der Waals surface area contributed by atoms with Gasteiger partial charge in [-0.15, -0.1) is 0 Å². The van der Waals surface area contributed by atoms with E-state index in [2.05, 4.69) is 20.2 Å². The fourth-order valence-electron chi connectivity index (χ4n) is 2.81. The zero-order valence-corrected chi connectivity index (χ0v) is 13.0. The zero-order chi connectivity index (χ0) is 16.2. The van der Waals surface area contributed by atoms with E-state index < -0.39 is 0 Å². The van der Waals surface area contributed by atoms with E-state index in [4.69, 9.17) is 0 Å². The van der Waals surface area contributed by atoms with Crippen LogP contribution in [-0.4, -0.2) is 44.1 Å². The van der Waals surface area contributed by atoms with Gasteiger partial charge in [-0.2, -0.15) is 5.10 Å². The fourth-order valence-corrected chi connectivity index (χ4v) is 2.81. The Kier molecular flexibility index (Phi) is 4.36. The second-order valence-corrected chi connectivity index (χ2v) is 5.75. The average molecular weight is 313 g/mol. The summed E-state index contributed by atoms with van der Waals surface area (Å²) in [5, 5.41) is 6.36. The molecule has 3 rings (SSSR count). The number of aromatic nitrogens is 4. The lowest BCUT2D eigenvalue weighted by Crippen LogP contribution is -2.38. The van der Waals surface area contributed by atoms with E-state index in [-0.39, 0.29) is 17.5 Å². The number of amides is 1. The number of rotatable bonds is 3. The van der Waals surface area contributed by atoms with Crippen LogP contribution < -0.4 is 5.69 Å². The van der Waals surface area contributed by atoms with Crippen LogP contribution in [0.3, 0.4) is 0 Å². The van der Waals surface area contributed by atoms with Crippen molar-refractivity contribution in [2.75, 3.05) is 13.1 Å². The number of aryl methyl sites for hydroxylation is 1. The molecule has 2 N–H and O–H groups in total. The number of hydrogen-bond donors (Lipinski definition) is 2. The standard InChI is InChI=1S/C16H19N5O2/c1-11-9-17-7-6-12(11)4-5-14(22)21-8-2-3-13(10-21)15-18-16(23)20-19-15/h4-7,9,13H,2-3,8,10H2,1H3,(H2,18,19,20,23)/b5-4+. The molecule has 1 fully saturated rings. The summed E-state index contributed by atoms with van der Waals surface area (Å²) in [6.07, 6.45) is 8.71. The lowest BCUT2D eigenvalue weighted by molar-refractivity contribution is -0.127. The molecule has 0 spiro atoms. The quantitative estimate of drug-likeness (QED) is 0.833. The van der Waals surface area contributed by atoms with Gasteiger partial charge in [-0.3, -0.25) is 14.8 Å². The first-order valence-corrected chi connectivity index (χ1v) is 7.65. The third-order valence-corrected chi connectivity index (χ3v) is 4.11. The summed E-state index contributed by atoms with van der Waals surface area (Å²) in [5.74, 6) is 0.674. The van der Waals surface area contributed by atoms with Gasteiger partial charge in [0, 0.05) is 37.5 Å². The van der Waals surface area contributed by atoms with Gasteiger partial charge in [0.15, 0.2) is 0 Å². The van der Waals surface area contributed by atoms with Crippen LogP contribution in [0, 0.1) is 6.92 Å². The topological polar surface area (TPSA) is 94.7 Å². The van der Waals surface area contributed by atoms with Crippen molar-refractivity contribution in [2.24, 2.45) is 0 Å². The van der Waals surface area contributed by atoms with Gasteiger partial charge in [-0.1, -0.05) is 0 Å². The summed E-state index contributed by atoms with van der Waals surface area (Å²) in [6.45, 7) is 3.25. The first-order valence-electron chi connectivity index (χ1n) is 7.65. The van der Waals surface area contributed by atoms with Crippen molar-refractivity contribution in [2.45, 2.75) is 25.7 Å². The largest absolute Gasteiger partial charge is 0.340 e. The summed E-state index contributed by atoms with van der Waals surface area (Å²) in [4.78, 5) is 32.1. The first-order chi connectivity index (χ1) is 11.1. The number of nitrogens with zero attached hydrogens (tertiary/aromatic N) is 3. The number of aromatic amines is 2. The third kappa shape index (κ3) is 3.56. The molecule has 2 aromatic rings. The van der Waals surface area contributed by atoms with Gasteiger partial charge in [-0.05, 0) is 43.0 Å². The molecule has 0 aliphatic carbocycles. The molecule has 7 nitrogen and oxygen atoms in total. The van der Waals surface area contributed by atoms with E-state index in [9.17, 15) is 9.59 Å². The Morgan fingerprint density at radius 1 is 1.48 bits per heavy atom. The minimum atomic E-state index is -0.309. The summed E-state index contributed by atoms with van der Waals surface area (Å²) in [6, 6.07) is 1.88. The number of pyridine rings is 1. The first kappa shape index (κ1) is 15.2. The molecule has 1 amide bonds. The SMILES string of the molecule is Cc1cnccc1/C=C/C(=O)N1CCCC(c2n[nH]c(=O)[nH]2)C1. The summed E-state index contributed by atoms with van der Waals surface area (Å²) < 4.78 is 0. The van der Waals surface area contributed by atoms with E-state index >= 15 is 0 Å². The lowest BCUT2D eigenvalue weighted by Gasteiger charge is -2.30. The van der Waals surface area contributed by atoms with E-state index in [0.29, 0.717) is 12.4 Å². The molecule has 0 radical (unpaired) electrons. The number of likely N-dealkylation sites (tertiary alicyclic amines) is 1. The second-order valence-electron chi connectivity index (χ2n) is 5.75. The van der Waals surface area contributed by atoms with Crippen LogP contribution in [0.1, 0.15) is 35.7 Å². The minimum Gasteiger partial charge on any atom is -0.338 e. The molecule has 0 aromatic carbocycles. The van der Waals surface area contributed by atoms with E-state index in [1.54, 1.807) is 23.4 Å². The monoisotopic (exact) mass is 313 g/mol. The average Bonchev–Trinajstić information content (AvgIpc) is 3.00. The maximum absolute atomic E-state index is 12.4. The molecule has 1 atom stereocenters. The Balaban J connectivity index is 1.67. The van der Waals surface area contributed by atoms with Gasteiger partial charge < -0.3 is 4.90 Å². The summed E-state index contributed by atoms with van der Waals surface area (Å²) >= 11 is 0. The molecule has 0 saturated carbocycles. The molecule has 1 aliphatic heterocycles. The molecule has 1 aliphatic rings. The predicted octanol–water partition coefficient (Wildman–Crippen LogP) is 1.22. The normalized spacial score (nSPS) is 18.5. The van der Waals surface area contributed by atoms with Gasteiger partial charge in [0.1, 0.15) is 5.82 Å². The highest BCUT2D eigenvalue weighted by Crippen LogP contribution is 2.23. The Hall–Kier alpha value is -2.70. The second kappa shape index (κ2) is 6.60.